The first-order chi connectivity index (χ1) is 10.3. The molecule has 1 saturated carbocycles. The van der Waals surface area contributed by atoms with Crippen LogP contribution < -0.4 is 10.2 Å². The molecule has 3 heteroatoms. The second-order valence-corrected chi connectivity index (χ2v) is 5.71. The summed E-state index contributed by atoms with van der Waals surface area (Å²) in [6.45, 7) is 6.09. The molecular weight excluding hydrogens is 258 g/mol. The molecule has 0 unspecified atom stereocenters. The minimum atomic E-state index is 0.735. The molecule has 0 atom stereocenters. The normalized spacial score (nSPS) is 14.2. The Hall–Kier alpha value is -1.87. The van der Waals surface area contributed by atoms with Gasteiger partial charge in [-0.1, -0.05) is 18.2 Å². The van der Waals surface area contributed by atoms with Crippen LogP contribution in [0.5, 0.6) is 0 Å². The second kappa shape index (κ2) is 6.27. The van der Waals surface area contributed by atoms with Crippen LogP contribution >= 0.6 is 0 Å². The first-order valence-electron chi connectivity index (χ1n) is 7.80. The lowest BCUT2D eigenvalue weighted by atomic mass is 10.2. The van der Waals surface area contributed by atoms with Gasteiger partial charge < -0.3 is 10.2 Å². The smallest absolute Gasteiger partial charge is 0.133 e. The summed E-state index contributed by atoms with van der Waals surface area (Å²) in [5.74, 6) is 1.04. The Labute approximate surface area is 127 Å². The molecule has 0 aliphatic heterocycles. The molecule has 0 bridgehead atoms. The highest BCUT2D eigenvalue weighted by molar-refractivity contribution is 5.60. The number of pyridine rings is 1. The van der Waals surface area contributed by atoms with Gasteiger partial charge in [-0.15, -0.1) is 0 Å². The Kier molecular flexibility index (Phi) is 4.20. The van der Waals surface area contributed by atoms with E-state index in [4.69, 9.17) is 4.98 Å². The molecule has 0 saturated heterocycles. The van der Waals surface area contributed by atoms with Gasteiger partial charge >= 0.3 is 0 Å². The first-order valence-corrected chi connectivity index (χ1v) is 7.80. The van der Waals surface area contributed by atoms with E-state index in [0.29, 0.717) is 0 Å². The molecule has 21 heavy (non-hydrogen) atoms. The number of hydrogen-bond acceptors (Lipinski definition) is 3. The number of rotatable bonds is 6. The van der Waals surface area contributed by atoms with E-state index in [9.17, 15) is 0 Å². The summed E-state index contributed by atoms with van der Waals surface area (Å²) in [5.41, 5.74) is 3.59. The van der Waals surface area contributed by atoms with Gasteiger partial charge in [0.2, 0.25) is 0 Å². The number of anilines is 2. The van der Waals surface area contributed by atoms with Gasteiger partial charge in [0.25, 0.3) is 0 Å². The fourth-order valence-electron chi connectivity index (χ4n) is 2.60. The minimum absolute atomic E-state index is 0.735. The van der Waals surface area contributed by atoms with Crippen molar-refractivity contribution in [2.45, 2.75) is 39.3 Å². The average Bonchev–Trinajstić information content (AvgIpc) is 3.31. The van der Waals surface area contributed by atoms with E-state index in [1.165, 1.54) is 24.1 Å². The number of nitrogens with one attached hydrogen (secondary N) is 1. The van der Waals surface area contributed by atoms with Gasteiger partial charge in [-0.25, -0.2) is 4.98 Å². The van der Waals surface area contributed by atoms with Crippen LogP contribution in [0.1, 0.15) is 31.0 Å². The van der Waals surface area contributed by atoms with E-state index in [-0.39, 0.29) is 0 Å². The monoisotopic (exact) mass is 281 g/mol. The number of nitrogens with zero attached hydrogens (tertiary/aromatic N) is 2. The van der Waals surface area contributed by atoms with Crippen LogP contribution in [0, 0.1) is 6.92 Å². The van der Waals surface area contributed by atoms with E-state index >= 15 is 0 Å². The average molecular weight is 281 g/mol. The predicted octanol–water partition coefficient (Wildman–Crippen LogP) is 3.80. The Balaban J connectivity index is 1.84. The van der Waals surface area contributed by atoms with E-state index in [1.54, 1.807) is 0 Å². The molecule has 110 valence electrons. The quantitative estimate of drug-likeness (QED) is 0.873. The maximum atomic E-state index is 4.72. The molecule has 1 aromatic carbocycles. The topological polar surface area (TPSA) is 28.2 Å². The summed E-state index contributed by atoms with van der Waals surface area (Å²) in [5, 5.41) is 3.58. The molecule has 1 fully saturated rings. The van der Waals surface area contributed by atoms with Crippen LogP contribution in [-0.4, -0.2) is 17.6 Å². The van der Waals surface area contributed by atoms with Crippen molar-refractivity contribution in [3.8, 4) is 0 Å². The third kappa shape index (κ3) is 3.61. The van der Waals surface area contributed by atoms with Crippen LogP contribution in [0.25, 0.3) is 0 Å². The highest BCUT2D eigenvalue weighted by Gasteiger charge is 2.20. The molecule has 1 N–H and O–H groups in total. The number of benzene rings is 1. The van der Waals surface area contributed by atoms with Crippen molar-refractivity contribution in [1.29, 1.82) is 0 Å². The van der Waals surface area contributed by atoms with Gasteiger partial charge in [0.05, 0.1) is 0 Å². The van der Waals surface area contributed by atoms with E-state index in [2.05, 4.69) is 60.5 Å². The summed E-state index contributed by atoms with van der Waals surface area (Å²) in [6, 6.07) is 15.6. The predicted molar refractivity (Wildman–Crippen MR) is 88.0 cm³/mol. The van der Waals surface area contributed by atoms with Crippen LogP contribution in [0.3, 0.4) is 0 Å². The van der Waals surface area contributed by atoms with Crippen molar-refractivity contribution < 1.29 is 0 Å². The fraction of sp³-hybridized carbons (Fsp3) is 0.389. The summed E-state index contributed by atoms with van der Waals surface area (Å²) < 4.78 is 0. The standard InChI is InChI=1S/C18H23N3/c1-3-21(17-7-5-4-6-8-17)18-12-15(11-14(2)20-18)13-19-16-9-10-16/h4-8,11-12,16,19H,3,9-10,13H2,1-2H3. The molecule has 0 radical (unpaired) electrons. The van der Waals surface area contributed by atoms with Gasteiger partial charge in [0, 0.05) is 30.5 Å². The lowest BCUT2D eigenvalue weighted by Crippen LogP contribution is -2.19. The van der Waals surface area contributed by atoms with Crippen molar-refractivity contribution in [1.82, 2.24) is 10.3 Å². The molecule has 0 spiro atoms. The van der Waals surface area contributed by atoms with Crippen molar-refractivity contribution >= 4 is 11.5 Å². The number of aromatic nitrogens is 1. The lowest BCUT2D eigenvalue weighted by Gasteiger charge is -2.23. The maximum absolute atomic E-state index is 4.72. The largest absolute Gasteiger partial charge is 0.327 e. The highest BCUT2D eigenvalue weighted by Crippen LogP contribution is 2.25. The molecule has 0 amide bonds. The second-order valence-electron chi connectivity index (χ2n) is 5.71. The molecule has 1 aromatic heterocycles. The van der Waals surface area contributed by atoms with Gasteiger partial charge in [0.15, 0.2) is 0 Å². The zero-order chi connectivity index (χ0) is 14.7. The Morgan fingerprint density at radius 2 is 1.95 bits per heavy atom. The van der Waals surface area contributed by atoms with Crippen molar-refractivity contribution in [3.63, 3.8) is 0 Å². The van der Waals surface area contributed by atoms with Crippen molar-refractivity contribution in [2.75, 3.05) is 11.4 Å². The van der Waals surface area contributed by atoms with Crippen LogP contribution in [0.15, 0.2) is 42.5 Å². The summed E-state index contributed by atoms with van der Waals surface area (Å²) in [4.78, 5) is 6.98. The SMILES string of the molecule is CCN(c1ccccc1)c1cc(CNC2CC2)cc(C)n1. The molecule has 3 rings (SSSR count). The Morgan fingerprint density at radius 3 is 2.62 bits per heavy atom. The van der Waals surface area contributed by atoms with Crippen molar-refractivity contribution in [2.24, 2.45) is 0 Å². The fourth-order valence-corrected chi connectivity index (χ4v) is 2.60. The van der Waals surface area contributed by atoms with E-state index in [1.807, 2.05) is 6.07 Å². The number of para-hydroxylation sites is 1. The van der Waals surface area contributed by atoms with E-state index in [0.717, 1.165) is 30.6 Å². The Morgan fingerprint density at radius 1 is 1.19 bits per heavy atom. The highest BCUT2D eigenvalue weighted by atomic mass is 15.2. The first kappa shape index (κ1) is 14.1. The van der Waals surface area contributed by atoms with Crippen LogP contribution in [0.4, 0.5) is 11.5 Å². The minimum Gasteiger partial charge on any atom is -0.327 e. The maximum Gasteiger partial charge on any atom is 0.133 e. The molecule has 3 nitrogen and oxygen atoms in total. The zero-order valence-electron chi connectivity index (χ0n) is 12.8. The molecule has 1 aliphatic carbocycles. The third-order valence-corrected chi connectivity index (χ3v) is 3.83. The van der Waals surface area contributed by atoms with Crippen molar-refractivity contribution in [3.05, 3.63) is 53.7 Å². The van der Waals surface area contributed by atoms with Crippen LogP contribution in [-0.2, 0) is 6.54 Å². The van der Waals surface area contributed by atoms with Gasteiger partial charge in [-0.2, -0.15) is 0 Å². The zero-order valence-corrected chi connectivity index (χ0v) is 12.8. The van der Waals surface area contributed by atoms with E-state index < -0.39 is 0 Å². The summed E-state index contributed by atoms with van der Waals surface area (Å²) in [7, 11) is 0. The lowest BCUT2D eigenvalue weighted by molar-refractivity contribution is 0.686. The molecular formula is C18H23N3. The van der Waals surface area contributed by atoms with Gasteiger partial charge in [-0.3, -0.25) is 0 Å². The number of hydrogen-bond donors (Lipinski definition) is 1. The van der Waals surface area contributed by atoms with Crippen LogP contribution in [0.2, 0.25) is 0 Å². The summed E-state index contributed by atoms with van der Waals surface area (Å²) in [6.07, 6.45) is 2.64. The van der Waals surface area contributed by atoms with Gasteiger partial charge in [-0.05, 0) is 56.5 Å². The molecule has 1 aliphatic rings. The summed E-state index contributed by atoms with van der Waals surface area (Å²) >= 11 is 0. The molecule has 2 aromatic rings. The number of aryl methyl sites for hydroxylation is 1. The molecule has 1 heterocycles. The Bertz CT molecular complexity index is 591. The third-order valence-electron chi connectivity index (χ3n) is 3.83. The van der Waals surface area contributed by atoms with Gasteiger partial charge in [0.1, 0.15) is 5.82 Å².